The highest BCUT2D eigenvalue weighted by molar-refractivity contribution is 7.89. The van der Waals surface area contributed by atoms with Crippen LogP contribution in [-0.4, -0.2) is 41.3 Å². The van der Waals surface area contributed by atoms with E-state index in [4.69, 9.17) is 0 Å². The summed E-state index contributed by atoms with van der Waals surface area (Å²) < 4.78 is 29.6. The Morgan fingerprint density at radius 2 is 1.71 bits per heavy atom. The predicted octanol–water partition coefficient (Wildman–Crippen LogP) is 2.29. The van der Waals surface area contributed by atoms with Gasteiger partial charge in [-0.25, -0.2) is 27.8 Å². The molecule has 0 bridgehead atoms. The maximum Gasteiger partial charge on any atom is 0.241 e. The van der Waals surface area contributed by atoms with Crippen molar-refractivity contribution >= 4 is 15.8 Å². The summed E-state index contributed by atoms with van der Waals surface area (Å²) >= 11 is 0. The fourth-order valence-corrected chi connectivity index (χ4v) is 4.63. The standard InChI is InChI=1S/C19H24N6O2S/c1-13-9-14(2)19(15(3)10-13)28(26,27)23-7-6-20-17-11-18(22-12-21-17)25-8-5-16(4)24-25/h5,8-12,23H,6-7H2,1-4H3,(H,20,21,22). The van der Waals surface area contributed by atoms with Crippen LogP contribution in [0.5, 0.6) is 0 Å². The molecule has 2 heterocycles. The van der Waals surface area contributed by atoms with Crippen LogP contribution in [-0.2, 0) is 10.0 Å². The van der Waals surface area contributed by atoms with Crippen molar-refractivity contribution in [3.8, 4) is 5.82 Å². The molecule has 0 radical (unpaired) electrons. The van der Waals surface area contributed by atoms with Crippen LogP contribution in [0.25, 0.3) is 5.82 Å². The van der Waals surface area contributed by atoms with Gasteiger partial charge in [0.05, 0.1) is 10.6 Å². The number of anilines is 1. The number of rotatable bonds is 7. The van der Waals surface area contributed by atoms with Gasteiger partial charge in [0, 0.05) is 25.4 Å². The lowest BCUT2D eigenvalue weighted by Gasteiger charge is -2.13. The highest BCUT2D eigenvalue weighted by Gasteiger charge is 2.19. The number of benzene rings is 1. The second kappa shape index (κ2) is 8.07. The number of sulfonamides is 1. The lowest BCUT2D eigenvalue weighted by atomic mass is 10.1. The van der Waals surface area contributed by atoms with Gasteiger partial charge in [-0.2, -0.15) is 5.10 Å². The van der Waals surface area contributed by atoms with E-state index in [1.54, 1.807) is 10.7 Å². The fraction of sp³-hybridized carbons (Fsp3) is 0.316. The second-order valence-corrected chi connectivity index (χ2v) is 8.42. The maximum absolute atomic E-state index is 12.7. The van der Waals surface area contributed by atoms with Crippen LogP contribution in [0.2, 0.25) is 0 Å². The van der Waals surface area contributed by atoms with Crippen molar-refractivity contribution in [1.29, 1.82) is 0 Å². The fourth-order valence-electron chi connectivity index (χ4n) is 3.15. The molecule has 0 atom stereocenters. The predicted molar refractivity (Wildman–Crippen MR) is 108 cm³/mol. The van der Waals surface area contributed by atoms with Crippen LogP contribution in [0.15, 0.2) is 41.7 Å². The molecule has 0 aliphatic carbocycles. The van der Waals surface area contributed by atoms with E-state index in [2.05, 4.69) is 25.1 Å². The van der Waals surface area contributed by atoms with E-state index in [0.29, 0.717) is 23.1 Å². The van der Waals surface area contributed by atoms with Gasteiger partial charge >= 0.3 is 0 Å². The first kappa shape index (κ1) is 20.0. The zero-order valence-electron chi connectivity index (χ0n) is 16.4. The number of hydrogen-bond donors (Lipinski definition) is 2. The first-order valence-electron chi connectivity index (χ1n) is 8.92. The van der Waals surface area contributed by atoms with Gasteiger partial charge in [-0.1, -0.05) is 17.7 Å². The zero-order valence-corrected chi connectivity index (χ0v) is 17.2. The Kier molecular flexibility index (Phi) is 5.76. The first-order chi connectivity index (χ1) is 13.3. The summed E-state index contributed by atoms with van der Waals surface area (Å²) in [6, 6.07) is 7.40. The summed E-state index contributed by atoms with van der Waals surface area (Å²) in [7, 11) is -3.58. The lowest BCUT2D eigenvalue weighted by Crippen LogP contribution is -2.30. The van der Waals surface area contributed by atoms with Gasteiger partial charge in [0.25, 0.3) is 0 Å². The molecule has 1 aromatic carbocycles. The van der Waals surface area contributed by atoms with Gasteiger partial charge < -0.3 is 5.32 Å². The summed E-state index contributed by atoms with van der Waals surface area (Å²) in [6.07, 6.45) is 3.26. The molecule has 8 nitrogen and oxygen atoms in total. The third kappa shape index (κ3) is 4.55. The van der Waals surface area contributed by atoms with Crippen molar-refractivity contribution in [2.45, 2.75) is 32.6 Å². The highest BCUT2D eigenvalue weighted by atomic mass is 32.2. The van der Waals surface area contributed by atoms with E-state index in [0.717, 1.165) is 22.4 Å². The number of aromatic nitrogens is 4. The van der Waals surface area contributed by atoms with E-state index in [1.807, 2.05) is 52.1 Å². The Morgan fingerprint density at radius 1 is 1.00 bits per heavy atom. The average molecular weight is 401 g/mol. The lowest BCUT2D eigenvalue weighted by molar-refractivity contribution is 0.581. The van der Waals surface area contributed by atoms with Crippen molar-refractivity contribution < 1.29 is 8.42 Å². The molecule has 0 fully saturated rings. The Labute approximate surface area is 165 Å². The largest absolute Gasteiger partial charge is 0.369 e. The minimum absolute atomic E-state index is 0.231. The van der Waals surface area contributed by atoms with Crippen LogP contribution in [0.4, 0.5) is 5.82 Å². The van der Waals surface area contributed by atoms with Crippen LogP contribution < -0.4 is 10.0 Å². The van der Waals surface area contributed by atoms with Gasteiger partial charge in [-0.05, 0) is 44.9 Å². The third-order valence-electron chi connectivity index (χ3n) is 4.21. The van der Waals surface area contributed by atoms with Gasteiger partial charge in [0.1, 0.15) is 12.1 Å². The quantitative estimate of drug-likeness (QED) is 0.590. The molecular formula is C19H24N6O2S. The Bertz CT molecular complexity index is 1070. The molecule has 148 valence electrons. The van der Waals surface area contributed by atoms with Crippen LogP contribution >= 0.6 is 0 Å². The summed E-state index contributed by atoms with van der Waals surface area (Å²) in [4.78, 5) is 8.70. The average Bonchev–Trinajstić information content (AvgIpc) is 3.04. The molecule has 3 aromatic rings. The molecule has 0 aliphatic rings. The summed E-state index contributed by atoms with van der Waals surface area (Å²) in [5, 5.41) is 7.42. The number of aryl methyl sites for hydroxylation is 4. The Hall–Kier alpha value is -2.78. The van der Waals surface area contributed by atoms with Gasteiger partial charge in [-0.15, -0.1) is 0 Å². The molecule has 0 saturated carbocycles. The van der Waals surface area contributed by atoms with Crippen molar-refractivity contribution in [3.63, 3.8) is 0 Å². The van der Waals surface area contributed by atoms with Crippen LogP contribution in [0.1, 0.15) is 22.4 Å². The van der Waals surface area contributed by atoms with Crippen molar-refractivity contribution in [2.75, 3.05) is 18.4 Å². The normalized spacial score (nSPS) is 11.6. The molecule has 2 N–H and O–H groups in total. The van der Waals surface area contributed by atoms with E-state index >= 15 is 0 Å². The third-order valence-corrected chi connectivity index (χ3v) is 5.97. The van der Waals surface area contributed by atoms with Gasteiger partial charge in [0.15, 0.2) is 5.82 Å². The van der Waals surface area contributed by atoms with Crippen LogP contribution in [0, 0.1) is 27.7 Å². The molecule has 0 saturated heterocycles. The minimum atomic E-state index is -3.58. The number of hydrogen-bond acceptors (Lipinski definition) is 6. The molecule has 9 heteroatoms. The van der Waals surface area contributed by atoms with E-state index in [-0.39, 0.29) is 6.54 Å². The van der Waals surface area contributed by atoms with Crippen molar-refractivity contribution in [1.82, 2.24) is 24.5 Å². The molecule has 2 aromatic heterocycles. The first-order valence-corrected chi connectivity index (χ1v) is 10.4. The zero-order chi connectivity index (χ0) is 20.3. The van der Waals surface area contributed by atoms with Crippen LogP contribution in [0.3, 0.4) is 0 Å². The SMILES string of the molecule is Cc1cc(C)c(S(=O)(=O)NCCNc2cc(-n3ccc(C)n3)ncn2)c(C)c1. The highest BCUT2D eigenvalue weighted by Crippen LogP contribution is 2.21. The van der Waals surface area contributed by atoms with E-state index < -0.39 is 10.0 Å². The van der Waals surface area contributed by atoms with Crippen molar-refractivity contribution in [3.05, 3.63) is 59.2 Å². The van der Waals surface area contributed by atoms with E-state index in [9.17, 15) is 8.42 Å². The molecular weight excluding hydrogens is 376 g/mol. The number of nitrogens with one attached hydrogen (secondary N) is 2. The molecule has 28 heavy (non-hydrogen) atoms. The van der Waals surface area contributed by atoms with Crippen molar-refractivity contribution in [2.24, 2.45) is 0 Å². The van der Waals surface area contributed by atoms with Gasteiger partial charge in [0.2, 0.25) is 10.0 Å². The molecule has 0 unspecified atom stereocenters. The summed E-state index contributed by atoms with van der Waals surface area (Å²) in [5.74, 6) is 1.23. The Balaban J connectivity index is 1.62. The topological polar surface area (TPSA) is 102 Å². The van der Waals surface area contributed by atoms with E-state index in [1.165, 1.54) is 6.33 Å². The second-order valence-electron chi connectivity index (χ2n) is 6.72. The molecule has 0 aliphatic heterocycles. The minimum Gasteiger partial charge on any atom is -0.369 e. The molecule has 3 rings (SSSR count). The molecule has 0 amide bonds. The summed E-state index contributed by atoms with van der Waals surface area (Å²) in [6.45, 7) is 8.10. The smallest absolute Gasteiger partial charge is 0.241 e. The summed E-state index contributed by atoms with van der Waals surface area (Å²) in [5.41, 5.74) is 3.42. The Morgan fingerprint density at radius 3 is 2.36 bits per heavy atom. The number of nitrogens with zero attached hydrogens (tertiary/aromatic N) is 4. The molecule has 0 spiro atoms. The van der Waals surface area contributed by atoms with Gasteiger partial charge in [-0.3, -0.25) is 0 Å². The maximum atomic E-state index is 12.7. The monoisotopic (exact) mass is 400 g/mol.